The molecule has 0 aliphatic carbocycles. The van der Waals surface area contributed by atoms with Gasteiger partial charge < -0.3 is 0 Å². The molecule has 0 aromatic carbocycles. The van der Waals surface area contributed by atoms with E-state index in [0.717, 1.165) is 5.57 Å². The fourth-order valence-corrected chi connectivity index (χ4v) is 0.439. The van der Waals surface area contributed by atoms with Crippen molar-refractivity contribution in [1.29, 1.82) is 0 Å². The van der Waals surface area contributed by atoms with Crippen LogP contribution >= 0.6 is 0 Å². The first-order valence-corrected chi connectivity index (χ1v) is 2.85. The summed E-state index contributed by atoms with van der Waals surface area (Å²) in [4.78, 5) is 11.1. The van der Waals surface area contributed by atoms with Gasteiger partial charge in [-0.1, -0.05) is 6.58 Å². The molecule has 0 bridgehead atoms. The van der Waals surface area contributed by atoms with Gasteiger partial charge in [0, 0.05) is 13.3 Å². The van der Waals surface area contributed by atoms with Gasteiger partial charge in [-0.15, -0.1) is 0 Å². The van der Waals surface area contributed by atoms with E-state index in [1.54, 1.807) is 13.3 Å². The maximum absolute atomic E-state index is 3.86. The summed E-state index contributed by atoms with van der Waals surface area (Å²) in [7, 11) is 1.70. The largest absolute Gasteiger partial charge is 0.296 e. The third kappa shape index (κ3) is 4.90. The minimum atomic E-state index is 0.538. The molecular formula is C7H11N3. The van der Waals surface area contributed by atoms with Crippen LogP contribution in [0.4, 0.5) is 0 Å². The van der Waals surface area contributed by atoms with Gasteiger partial charge >= 0.3 is 0 Å². The highest BCUT2D eigenvalue weighted by Crippen LogP contribution is 1.84. The van der Waals surface area contributed by atoms with Crippen molar-refractivity contribution < 1.29 is 0 Å². The Morgan fingerprint density at radius 1 is 1.60 bits per heavy atom. The van der Waals surface area contributed by atoms with Gasteiger partial charge in [0.25, 0.3) is 0 Å². The highest BCUT2D eigenvalue weighted by molar-refractivity contribution is 5.78. The van der Waals surface area contributed by atoms with E-state index in [1.165, 1.54) is 6.34 Å². The molecule has 0 N–H and O–H groups in total. The Hall–Kier alpha value is -1.25. The molecule has 0 aliphatic rings. The van der Waals surface area contributed by atoms with Gasteiger partial charge in [-0.3, -0.25) is 15.0 Å². The van der Waals surface area contributed by atoms with Crippen LogP contribution in [0.2, 0.25) is 0 Å². The van der Waals surface area contributed by atoms with Crippen molar-refractivity contribution in [2.75, 3.05) is 13.6 Å². The Morgan fingerprint density at radius 3 is 2.80 bits per heavy atom. The summed E-state index contributed by atoms with van der Waals surface area (Å²) in [6.45, 7) is 7.47. The van der Waals surface area contributed by atoms with Crippen molar-refractivity contribution in [2.24, 2.45) is 15.0 Å². The standard InChI is InChI=1S/C7H11N3/c1-7(4-8-2)5-10-6-9-3/h4,6H,1,3,5H2,2H3. The van der Waals surface area contributed by atoms with Gasteiger partial charge in [0.1, 0.15) is 6.34 Å². The minimum absolute atomic E-state index is 0.538. The van der Waals surface area contributed by atoms with Crippen molar-refractivity contribution in [2.45, 2.75) is 0 Å². The summed E-state index contributed by atoms with van der Waals surface area (Å²) in [5.41, 5.74) is 0.863. The predicted octanol–water partition coefficient (Wildman–Crippen LogP) is 0.972. The van der Waals surface area contributed by atoms with Gasteiger partial charge in [0.2, 0.25) is 0 Å². The number of aliphatic imine (C=N–C) groups is 3. The number of hydrogen-bond acceptors (Lipinski definition) is 2. The summed E-state index contributed by atoms with van der Waals surface area (Å²) in [6.07, 6.45) is 3.06. The SMILES string of the molecule is C=NC=NCC(=C)C=NC. The zero-order valence-electron chi connectivity index (χ0n) is 6.12. The predicted molar refractivity (Wildman–Crippen MR) is 46.5 cm³/mol. The van der Waals surface area contributed by atoms with Crippen LogP contribution in [-0.4, -0.2) is 32.9 Å². The molecule has 10 heavy (non-hydrogen) atoms. The van der Waals surface area contributed by atoms with E-state index in [9.17, 15) is 0 Å². The average molecular weight is 137 g/mol. The number of nitrogens with zero attached hydrogens (tertiary/aromatic N) is 3. The molecule has 0 saturated heterocycles. The first-order chi connectivity index (χ1) is 4.81. The van der Waals surface area contributed by atoms with Crippen LogP contribution < -0.4 is 0 Å². The molecular weight excluding hydrogens is 126 g/mol. The van der Waals surface area contributed by atoms with Crippen LogP contribution in [0.3, 0.4) is 0 Å². The molecule has 0 spiro atoms. The maximum atomic E-state index is 3.86. The van der Waals surface area contributed by atoms with Crippen LogP contribution in [0.25, 0.3) is 0 Å². The van der Waals surface area contributed by atoms with Crippen molar-refractivity contribution in [3.05, 3.63) is 12.2 Å². The Morgan fingerprint density at radius 2 is 2.30 bits per heavy atom. The normalized spacial score (nSPS) is 10.9. The van der Waals surface area contributed by atoms with Crippen LogP contribution in [0, 0.1) is 0 Å². The fourth-order valence-electron chi connectivity index (χ4n) is 0.439. The Balaban J connectivity index is 3.58. The molecule has 0 fully saturated rings. The number of rotatable bonds is 4. The van der Waals surface area contributed by atoms with E-state index in [4.69, 9.17) is 0 Å². The van der Waals surface area contributed by atoms with Crippen LogP contribution in [-0.2, 0) is 0 Å². The second-order valence-corrected chi connectivity index (χ2v) is 1.68. The summed E-state index contributed by atoms with van der Waals surface area (Å²) < 4.78 is 0. The van der Waals surface area contributed by atoms with Crippen LogP contribution in [0.1, 0.15) is 0 Å². The topological polar surface area (TPSA) is 37.1 Å². The van der Waals surface area contributed by atoms with Crippen molar-refractivity contribution >= 4 is 19.3 Å². The third-order valence-electron chi connectivity index (χ3n) is 0.769. The zero-order valence-corrected chi connectivity index (χ0v) is 6.12. The lowest BCUT2D eigenvalue weighted by Crippen LogP contribution is -1.87. The van der Waals surface area contributed by atoms with Crippen molar-refractivity contribution in [3.63, 3.8) is 0 Å². The Bertz CT molecular complexity index is 168. The maximum Gasteiger partial charge on any atom is 0.109 e. The molecule has 3 heteroatoms. The van der Waals surface area contributed by atoms with E-state index >= 15 is 0 Å². The Kier molecular flexibility index (Phi) is 5.14. The van der Waals surface area contributed by atoms with E-state index in [-0.39, 0.29) is 0 Å². The smallest absolute Gasteiger partial charge is 0.109 e. The van der Waals surface area contributed by atoms with Crippen LogP contribution in [0.5, 0.6) is 0 Å². The first-order valence-electron chi connectivity index (χ1n) is 2.85. The Labute approximate surface area is 60.9 Å². The van der Waals surface area contributed by atoms with E-state index < -0.39 is 0 Å². The molecule has 0 saturated carbocycles. The molecule has 0 aliphatic heterocycles. The van der Waals surface area contributed by atoms with Gasteiger partial charge in [-0.05, 0) is 12.3 Å². The third-order valence-corrected chi connectivity index (χ3v) is 0.769. The summed E-state index contributed by atoms with van der Waals surface area (Å²) in [5.74, 6) is 0. The highest BCUT2D eigenvalue weighted by Gasteiger charge is 1.82. The zero-order chi connectivity index (χ0) is 7.82. The highest BCUT2D eigenvalue weighted by atomic mass is 14.8. The molecule has 0 unspecified atom stereocenters. The van der Waals surface area contributed by atoms with E-state index in [1.807, 2.05) is 0 Å². The molecule has 3 nitrogen and oxygen atoms in total. The van der Waals surface area contributed by atoms with Crippen molar-refractivity contribution in [3.8, 4) is 0 Å². The van der Waals surface area contributed by atoms with E-state index in [0.29, 0.717) is 6.54 Å². The molecule has 0 aromatic rings. The molecule has 0 atom stereocenters. The molecule has 0 amide bonds. The summed E-state index contributed by atoms with van der Waals surface area (Å²) in [5, 5.41) is 0. The summed E-state index contributed by atoms with van der Waals surface area (Å²) in [6, 6.07) is 0. The molecule has 0 radical (unpaired) electrons. The fraction of sp³-hybridized carbons (Fsp3) is 0.286. The van der Waals surface area contributed by atoms with Gasteiger partial charge in [0.05, 0.1) is 6.54 Å². The monoisotopic (exact) mass is 137 g/mol. The average Bonchev–Trinajstić information content (AvgIpc) is 1.89. The lowest BCUT2D eigenvalue weighted by Gasteiger charge is -1.88. The minimum Gasteiger partial charge on any atom is -0.296 e. The summed E-state index contributed by atoms with van der Waals surface area (Å²) >= 11 is 0. The van der Waals surface area contributed by atoms with Gasteiger partial charge in [0.15, 0.2) is 0 Å². The molecule has 0 aromatic heterocycles. The van der Waals surface area contributed by atoms with Crippen molar-refractivity contribution in [1.82, 2.24) is 0 Å². The van der Waals surface area contributed by atoms with Crippen LogP contribution in [0.15, 0.2) is 27.1 Å². The lowest BCUT2D eigenvalue weighted by molar-refractivity contribution is 1.22. The second-order valence-electron chi connectivity index (χ2n) is 1.68. The molecule has 0 rings (SSSR count). The number of hydrogen-bond donors (Lipinski definition) is 0. The van der Waals surface area contributed by atoms with E-state index in [2.05, 4.69) is 28.3 Å². The first kappa shape index (κ1) is 8.75. The molecule has 54 valence electrons. The molecule has 0 heterocycles. The quantitative estimate of drug-likeness (QED) is 0.409. The second kappa shape index (κ2) is 5.88. The van der Waals surface area contributed by atoms with Gasteiger partial charge in [-0.2, -0.15) is 0 Å². The lowest BCUT2D eigenvalue weighted by atomic mass is 10.3. The van der Waals surface area contributed by atoms with Gasteiger partial charge in [-0.25, -0.2) is 0 Å².